The summed E-state index contributed by atoms with van der Waals surface area (Å²) in [5.41, 5.74) is -0.646. The van der Waals surface area contributed by atoms with E-state index in [0.717, 1.165) is 0 Å². The van der Waals surface area contributed by atoms with E-state index in [2.05, 4.69) is 5.32 Å². The number of carbonyl (C=O) groups is 2. The van der Waals surface area contributed by atoms with Crippen LogP contribution in [0.5, 0.6) is 0 Å². The van der Waals surface area contributed by atoms with E-state index in [4.69, 9.17) is 14.6 Å². The van der Waals surface area contributed by atoms with Crippen molar-refractivity contribution in [2.45, 2.75) is 45.8 Å². The Morgan fingerprint density at radius 2 is 1.94 bits per heavy atom. The van der Waals surface area contributed by atoms with Crippen LogP contribution in [0, 0.1) is 0 Å². The fraction of sp³-hybridized carbons (Fsp3) is 0.818. The van der Waals surface area contributed by atoms with Crippen molar-refractivity contribution in [3.05, 3.63) is 0 Å². The molecule has 0 aromatic heterocycles. The van der Waals surface area contributed by atoms with Gasteiger partial charge in [-0.1, -0.05) is 0 Å². The van der Waals surface area contributed by atoms with Crippen LogP contribution in [-0.4, -0.2) is 42.0 Å². The molecule has 0 heterocycles. The maximum Gasteiger partial charge on any atom is 0.408 e. The number of hydrogen-bond acceptors (Lipinski definition) is 4. The molecule has 0 fully saturated rings. The number of nitrogens with one attached hydrogen (secondary N) is 1. The smallest absolute Gasteiger partial charge is 0.408 e. The summed E-state index contributed by atoms with van der Waals surface area (Å²) >= 11 is 0. The molecule has 0 rings (SSSR count). The molecule has 6 nitrogen and oxygen atoms in total. The topological polar surface area (TPSA) is 84.9 Å². The molecule has 0 aliphatic rings. The maximum atomic E-state index is 11.4. The lowest BCUT2D eigenvalue weighted by Gasteiger charge is -2.21. The van der Waals surface area contributed by atoms with Gasteiger partial charge in [0.05, 0.1) is 0 Å². The molecule has 6 heteroatoms. The number of carboxylic acids is 1. The third kappa shape index (κ3) is 8.50. The Morgan fingerprint density at radius 1 is 1.35 bits per heavy atom. The SMILES string of the molecule is CCOCCC(NC(=O)OC(C)(C)C)C(=O)O. The first kappa shape index (κ1) is 15.7. The van der Waals surface area contributed by atoms with Gasteiger partial charge in [-0.3, -0.25) is 0 Å². The van der Waals surface area contributed by atoms with Crippen LogP contribution in [0.4, 0.5) is 4.79 Å². The second-order valence-corrected chi connectivity index (χ2v) is 4.52. The molecule has 1 atom stereocenters. The third-order valence-electron chi connectivity index (χ3n) is 1.74. The highest BCUT2D eigenvalue weighted by Gasteiger charge is 2.23. The van der Waals surface area contributed by atoms with Gasteiger partial charge < -0.3 is 19.9 Å². The molecular weight excluding hydrogens is 226 g/mol. The average Bonchev–Trinajstić information content (AvgIpc) is 2.13. The predicted molar refractivity (Wildman–Crippen MR) is 61.9 cm³/mol. The van der Waals surface area contributed by atoms with Gasteiger partial charge in [0, 0.05) is 19.6 Å². The van der Waals surface area contributed by atoms with Crippen LogP contribution in [0.15, 0.2) is 0 Å². The predicted octanol–water partition coefficient (Wildman–Crippen LogP) is 1.39. The summed E-state index contributed by atoms with van der Waals surface area (Å²) in [5, 5.41) is 11.2. The van der Waals surface area contributed by atoms with Crippen molar-refractivity contribution >= 4 is 12.1 Å². The lowest BCUT2D eigenvalue weighted by atomic mass is 10.2. The molecule has 0 bridgehead atoms. The van der Waals surface area contributed by atoms with Crippen LogP contribution in [0.3, 0.4) is 0 Å². The van der Waals surface area contributed by atoms with Crippen LogP contribution >= 0.6 is 0 Å². The van der Waals surface area contributed by atoms with E-state index >= 15 is 0 Å². The maximum absolute atomic E-state index is 11.4. The van der Waals surface area contributed by atoms with E-state index in [-0.39, 0.29) is 13.0 Å². The Hall–Kier alpha value is -1.30. The quantitative estimate of drug-likeness (QED) is 0.693. The highest BCUT2D eigenvalue weighted by Crippen LogP contribution is 2.07. The van der Waals surface area contributed by atoms with Gasteiger partial charge in [-0.15, -0.1) is 0 Å². The molecule has 0 aliphatic heterocycles. The van der Waals surface area contributed by atoms with Crippen LogP contribution < -0.4 is 5.32 Å². The summed E-state index contributed by atoms with van der Waals surface area (Å²) in [5.74, 6) is -1.10. The molecule has 2 N–H and O–H groups in total. The zero-order valence-corrected chi connectivity index (χ0v) is 10.8. The minimum atomic E-state index is -1.10. The molecule has 0 aromatic rings. The molecule has 0 radical (unpaired) electrons. The lowest BCUT2D eigenvalue weighted by Crippen LogP contribution is -2.44. The molecule has 100 valence electrons. The Morgan fingerprint density at radius 3 is 2.35 bits per heavy atom. The van der Waals surface area contributed by atoms with Crippen molar-refractivity contribution in [3.63, 3.8) is 0 Å². The molecule has 0 aliphatic carbocycles. The van der Waals surface area contributed by atoms with Gasteiger partial charge in [0.2, 0.25) is 0 Å². The number of aliphatic carboxylic acids is 1. The van der Waals surface area contributed by atoms with Gasteiger partial charge in [-0.2, -0.15) is 0 Å². The molecule has 0 aromatic carbocycles. The van der Waals surface area contributed by atoms with Gasteiger partial charge in [0.25, 0.3) is 0 Å². The van der Waals surface area contributed by atoms with E-state index in [0.29, 0.717) is 6.61 Å². The summed E-state index contributed by atoms with van der Waals surface area (Å²) in [7, 11) is 0. The number of alkyl carbamates (subject to hydrolysis) is 1. The van der Waals surface area contributed by atoms with E-state index < -0.39 is 23.7 Å². The zero-order valence-electron chi connectivity index (χ0n) is 10.8. The second-order valence-electron chi connectivity index (χ2n) is 4.52. The third-order valence-corrected chi connectivity index (χ3v) is 1.74. The van der Waals surface area contributed by atoms with Crippen LogP contribution in [-0.2, 0) is 14.3 Å². The van der Waals surface area contributed by atoms with Crippen molar-refractivity contribution in [2.24, 2.45) is 0 Å². The molecule has 0 saturated heterocycles. The Balaban J connectivity index is 4.16. The van der Waals surface area contributed by atoms with Gasteiger partial charge >= 0.3 is 12.1 Å². The van der Waals surface area contributed by atoms with E-state index in [1.54, 1.807) is 20.8 Å². The molecule has 1 amide bonds. The van der Waals surface area contributed by atoms with Crippen molar-refractivity contribution in [1.82, 2.24) is 5.32 Å². The van der Waals surface area contributed by atoms with Crippen LogP contribution in [0.25, 0.3) is 0 Å². The van der Waals surface area contributed by atoms with Gasteiger partial charge in [-0.05, 0) is 27.7 Å². The summed E-state index contributed by atoms with van der Waals surface area (Å²) < 4.78 is 10.0. The largest absolute Gasteiger partial charge is 0.480 e. The number of carboxylic acid groups (broad SMARTS) is 1. The van der Waals surface area contributed by atoms with Crippen molar-refractivity contribution in [2.75, 3.05) is 13.2 Å². The van der Waals surface area contributed by atoms with Crippen molar-refractivity contribution < 1.29 is 24.2 Å². The van der Waals surface area contributed by atoms with E-state index in [9.17, 15) is 9.59 Å². The number of rotatable bonds is 6. The minimum Gasteiger partial charge on any atom is -0.480 e. The fourth-order valence-electron chi connectivity index (χ4n) is 1.05. The van der Waals surface area contributed by atoms with Gasteiger partial charge in [0.15, 0.2) is 0 Å². The molecule has 17 heavy (non-hydrogen) atoms. The number of amides is 1. The van der Waals surface area contributed by atoms with E-state index in [1.165, 1.54) is 0 Å². The Kier molecular flexibility index (Phi) is 6.57. The number of carbonyl (C=O) groups excluding carboxylic acids is 1. The summed E-state index contributed by atoms with van der Waals surface area (Å²) in [6, 6.07) is -0.989. The van der Waals surface area contributed by atoms with Crippen molar-refractivity contribution in [1.29, 1.82) is 0 Å². The minimum absolute atomic E-state index is 0.211. The summed E-state index contributed by atoms with van der Waals surface area (Å²) in [4.78, 5) is 22.2. The van der Waals surface area contributed by atoms with Crippen molar-refractivity contribution in [3.8, 4) is 0 Å². The van der Waals surface area contributed by atoms with Gasteiger partial charge in [-0.25, -0.2) is 9.59 Å². The standard InChI is InChI=1S/C11H21NO5/c1-5-16-7-6-8(9(13)14)12-10(15)17-11(2,3)4/h8H,5-7H2,1-4H3,(H,12,15)(H,13,14). The number of ether oxygens (including phenoxy) is 2. The molecule has 1 unspecified atom stereocenters. The first-order valence-corrected chi connectivity index (χ1v) is 5.56. The molecule has 0 spiro atoms. The molecule has 0 saturated carbocycles. The van der Waals surface area contributed by atoms with E-state index in [1.807, 2.05) is 6.92 Å². The van der Waals surface area contributed by atoms with Gasteiger partial charge in [0.1, 0.15) is 11.6 Å². The second kappa shape index (κ2) is 7.11. The summed E-state index contributed by atoms with van der Waals surface area (Å²) in [6.07, 6.45) is -0.524. The lowest BCUT2D eigenvalue weighted by molar-refractivity contribution is -0.140. The molecular formula is C11H21NO5. The van der Waals surface area contributed by atoms with Crippen LogP contribution in [0.2, 0.25) is 0 Å². The fourth-order valence-corrected chi connectivity index (χ4v) is 1.05. The highest BCUT2D eigenvalue weighted by atomic mass is 16.6. The first-order valence-electron chi connectivity index (χ1n) is 5.56. The van der Waals surface area contributed by atoms with Crippen LogP contribution in [0.1, 0.15) is 34.1 Å². The highest BCUT2D eigenvalue weighted by molar-refractivity contribution is 5.79. The first-order chi connectivity index (χ1) is 7.76. The summed E-state index contributed by atoms with van der Waals surface area (Å²) in [6.45, 7) is 7.74. The Labute approximate surface area is 101 Å². The number of hydrogen-bond donors (Lipinski definition) is 2. The monoisotopic (exact) mass is 247 g/mol. The zero-order chi connectivity index (χ0) is 13.5. The normalized spacial score (nSPS) is 12.9. The average molecular weight is 247 g/mol. The Bertz CT molecular complexity index is 259.